The van der Waals surface area contributed by atoms with E-state index >= 15 is 0 Å². The molecule has 11 heteroatoms. The molecule has 242 valence electrons. The number of hydrogen-bond acceptors (Lipinski definition) is 6. The molecule has 1 aliphatic heterocycles. The third-order valence-corrected chi connectivity index (χ3v) is 10.9. The van der Waals surface area contributed by atoms with Gasteiger partial charge in [-0.25, -0.2) is 14.4 Å². The molecule has 5 fully saturated rings. The van der Waals surface area contributed by atoms with Crippen molar-refractivity contribution in [2.45, 2.75) is 96.1 Å². The zero-order chi connectivity index (χ0) is 32.1. The van der Waals surface area contributed by atoms with E-state index < -0.39 is 11.1 Å². The number of fused-ring (bicyclic) bond motifs is 2. The second kappa shape index (κ2) is 10.3. The number of aryl methyl sites for hydroxylation is 1. The summed E-state index contributed by atoms with van der Waals surface area (Å²) in [5.74, 6) is 0.983. The van der Waals surface area contributed by atoms with Gasteiger partial charge in [0, 0.05) is 42.2 Å². The number of halogens is 1. The highest BCUT2D eigenvalue weighted by Gasteiger charge is 2.72. The van der Waals surface area contributed by atoms with Gasteiger partial charge in [0.1, 0.15) is 22.7 Å². The molecular weight excluding hydrogens is 585 g/mol. The van der Waals surface area contributed by atoms with Crippen molar-refractivity contribution in [3.63, 3.8) is 0 Å². The number of nitrogens with two attached hydrogens (primary N) is 1. The maximum absolute atomic E-state index is 14.1. The van der Waals surface area contributed by atoms with Crippen LogP contribution < -0.4 is 15.8 Å². The second-order valence-electron chi connectivity index (χ2n) is 14.6. The largest absolute Gasteiger partial charge is 0.482 e. The summed E-state index contributed by atoms with van der Waals surface area (Å²) < 4.78 is 24.1. The summed E-state index contributed by atoms with van der Waals surface area (Å²) in [6.07, 6.45) is 5.15. The Morgan fingerprint density at radius 3 is 2.59 bits per heavy atom. The summed E-state index contributed by atoms with van der Waals surface area (Å²) in [5.41, 5.74) is 10.0. The lowest BCUT2D eigenvalue weighted by Gasteiger charge is -2.64. The van der Waals surface area contributed by atoms with Crippen molar-refractivity contribution in [2.24, 2.45) is 17.1 Å². The van der Waals surface area contributed by atoms with Crippen LogP contribution in [0.4, 0.5) is 4.39 Å². The Labute approximate surface area is 267 Å². The fourth-order valence-corrected chi connectivity index (χ4v) is 8.03. The molecule has 2 amide bonds. The minimum atomic E-state index is -1.12. The van der Waals surface area contributed by atoms with Gasteiger partial charge in [-0.15, -0.1) is 0 Å². The number of amides is 2. The first-order valence-electron chi connectivity index (χ1n) is 16.6. The van der Waals surface area contributed by atoms with E-state index in [-0.39, 0.29) is 29.9 Å². The van der Waals surface area contributed by atoms with E-state index in [0.29, 0.717) is 48.8 Å². The quantitative estimate of drug-likeness (QED) is 0.281. The Hall–Kier alpha value is -3.99. The van der Waals surface area contributed by atoms with Gasteiger partial charge < -0.3 is 25.3 Å². The van der Waals surface area contributed by atoms with Crippen molar-refractivity contribution in [1.82, 2.24) is 29.2 Å². The van der Waals surface area contributed by atoms with E-state index in [0.717, 1.165) is 53.2 Å². The first-order chi connectivity index (χ1) is 22.0. The highest BCUT2D eigenvalue weighted by atomic mass is 19.1. The third-order valence-electron chi connectivity index (χ3n) is 10.9. The number of rotatable bonds is 8. The van der Waals surface area contributed by atoms with Crippen LogP contribution >= 0.6 is 0 Å². The van der Waals surface area contributed by atoms with Gasteiger partial charge in [0.05, 0.1) is 35.6 Å². The van der Waals surface area contributed by atoms with Crippen molar-refractivity contribution in [3.8, 4) is 17.3 Å². The minimum absolute atomic E-state index is 0.0234. The number of pyridine rings is 2. The smallest absolute Gasteiger partial charge is 0.254 e. The monoisotopic (exact) mass is 627 g/mol. The Morgan fingerprint density at radius 2 is 1.89 bits per heavy atom. The predicted octanol–water partition coefficient (Wildman–Crippen LogP) is 5.10. The van der Waals surface area contributed by atoms with Gasteiger partial charge in [-0.2, -0.15) is 0 Å². The van der Waals surface area contributed by atoms with E-state index in [4.69, 9.17) is 20.4 Å². The number of nitrogens with zero attached hydrogens (tertiary/aromatic N) is 5. The van der Waals surface area contributed by atoms with Gasteiger partial charge in [0.25, 0.3) is 5.91 Å². The molecule has 9 rings (SSSR count). The van der Waals surface area contributed by atoms with Crippen LogP contribution in [0.5, 0.6) is 5.88 Å². The van der Waals surface area contributed by atoms with Crippen LogP contribution in [0.15, 0.2) is 30.3 Å². The lowest BCUT2D eigenvalue weighted by atomic mass is 9.42. The zero-order valence-electron chi connectivity index (χ0n) is 27.0. The van der Waals surface area contributed by atoms with Crippen LogP contribution in [-0.4, -0.2) is 67.1 Å². The van der Waals surface area contributed by atoms with E-state index in [1.165, 1.54) is 12.8 Å². The number of aromatic nitrogens is 4. The average molecular weight is 628 g/mol. The normalized spacial score (nSPS) is 27.7. The van der Waals surface area contributed by atoms with Crippen molar-refractivity contribution in [2.75, 3.05) is 13.7 Å². The average Bonchev–Trinajstić information content (AvgIpc) is 3.68. The van der Waals surface area contributed by atoms with E-state index in [2.05, 4.69) is 28.9 Å². The highest BCUT2D eigenvalue weighted by molar-refractivity contribution is 5.96. The Bertz CT molecular complexity index is 1890. The number of methoxy groups -OCH3 is 1. The maximum atomic E-state index is 14.1. The number of alkyl halides is 1. The van der Waals surface area contributed by atoms with E-state index in [9.17, 15) is 14.0 Å². The van der Waals surface area contributed by atoms with Crippen LogP contribution in [0.3, 0.4) is 0 Å². The molecule has 5 aliphatic rings. The van der Waals surface area contributed by atoms with Gasteiger partial charge in [-0.1, -0.05) is 0 Å². The summed E-state index contributed by atoms with van der Waals surface area (Å²) in [6.45, 7) is 7.38. The number of carbonyl (C=O) groups excluding carboxylic acids is 2. The van der Waals surface area contributed by atoms with Crippen LogP contribution in [0, 0.1) is 18.3 Å². The SMILES string of the molecule is COc1cc(C(=O)N2C[C@H](N)CC[C@H]2C)cc2nc(-c3cc4ccc([C@@H](C)NC(=O)C56CC(F)(C5)C6)nc4n3CC3CC3)c(C)n12. The number of nitrogens with one attached hydrogen (secondary N) is 1. The van der Waals surface area contributed by atoms with Gasteiger partial charge in [0.15, 0.2) is 5.88 Å². The number of imidazole rings is 1. The van der Waals surface area contributed by atoms with Crippen LogP contribution in [0.1, 0.15) is 86.6 Å². The van der Waals surface area contributed by atoms with Gasteiger partial charge in [-0.05, 0) is 95.9 Å². The number of ether oxygens (including phenoxy) is 1. The fourth-order valence-electron chi connectivity index (χ4n) is 8.03. The summed E-state index contributed by atoms with van der Waals surface area (Å²) in [5, 5.41) is 4.10. The molecule has 46 heavy (non-hydrogen) atoms. The topological polar surface area (TPSA) is 120 Å². The summed E-state index contributed by atoms with van der Waals surface area (Å²) >= 11 is 0. The molecule has 4 aromatic heterocycles. The molecule has 1 saturated heterocycles. The van der Waals surface area contributed by atoms with Gasteiger partial charge in [-0.3, -0.25) is 14.0 Å². The zero-order valence-corrected chi connectivity index (χ0v) is 27.0. The molecule has 3 atom stereocenters. The van der Waals surface area contributed by atoms with Crippen molar-refractivity contribution in [1.29, 1.82) is 0 Å². The van der Waals surface area contributed by atoms with Gasteiger partial charge in [0.2, 0.25) is 5.91 Å². The molecule has 10 nitrogen and oxygen atoms in total. The summed E-state index contributed by atoms with van der Waals surface area (Å²) in [7, 11) is 1.61. The van der Waals surface area contributed by atoms with Crippen LogP contribution in [-0.2, 0) is 11.3 Å². The molecule has 4 aliphatic carbocycles. The highest BCUT2D eigenvalue weighted by Crippen LogP contribution is 2.69. The minimum Gasteiger partial charge on any atom is -0.482 e. The molecule has 5 heterocycles. The summed E-state index contributed by atoms with van der Waals surface area (Å²) in [4.78, 5) is 38.7. The standard InChI is InChI=1S/C35H42FN7O3/c1-19-5-9-25(37)15-41(19)32(44)24-12-28-40-30(21(3)43(28)29(13-24)46-4)27-11-23-8-10-26(39-31(23)42(27)14-22-6-7-22)20(2)38-33(45)34-16-35(36,17-34)18-34/h8,10-13,19-20,22,25H,5-7,9,14-18,37H2,1-4H3,(H,38,45)/t19-,20-,25-,34?,35?/m1/s1. The Morgan fingerprint density at radius 1 is 1.13 bits per heavy atom. The number of piperidine rings is 1. The number of likely N-dealkylation sites (tertiary alicyclic amines) is 1. The Balaban J connectivity index is 1.16. The van der Waals surface area contributed by atoms with Crippen molar-refractivity contribution < 1.29 is 18.7 Å². The lowest BCUT2D eigenvalue weighted by Crippen LogP contribution is -2.70. The molecule has 0 spiro atoms. The predicted molar refractivity (Wildman–Crippen MR) is 172 cm³/mol. The third kappa shape index (κ3) is 4.60. The lowest BCUT2D eigenvalue weighted by molar-refractivity contribution is -0.214. The number of hydrogen-bond donors (Lipinski definition) is 2. The molecule has 0 aromatic carbocycles. The molecule has 2 bridgehead atoms. The molecule has 0 unspecified atom stereocenters. The molecule has 0 radical (unpaired) electrons. The fraction of sp³-hybridized carbons (Fsp3) is 0.543. The Kier molecular flexibility index (Phi) is 6.56. The first kappa shape index (κ1) is 29.4. The van der Waals surface area contributed by atoms with Crippen molar-refractivity contribution >= 4 is 28.5 Å². The number of carbonyl (C=O) groups is 2. The second-order valence-corrected chi connectivity index (χ2v) is 14.6. The molecule has 3 N–H and O–H groups in total. The molecular formula is C35H42FN7O3. The first-order valence-corrected chi connectivity index (χ1v) is 16.6. The molecule has 4 aromatic rings. The van der Waals surface area contributed by atoms with Crippen LogP contribution in [0.2, 0.25) is 0 Å². The van der Waals surface area contributed by atoms with Gasteiger partial charge >= 0.3 is 0 Å². The maximum Gasteiger partial charge on any atom is 0.254 e. The van der Waals surface area contributed by atoms with Crippen LogP contribution in [0.25, 0.3) is 28.1 Å². The van der Waals surface area contributed by atoms with E-state index in [1.807, 2.05) is 35.3 Å². The summed E-state index contributed by atoms with van der Waals surface area (Å²) in [6, 6.07) is 9.57. The molecule has 4 saturated carbocycles. The van der Waals surface area contributed by atoms with E-state index in [1.54, 1.807) is 13.2 Å². The van der Waals surface area contributed by atoms with Crippen molar-refractivity contribution in [3.05, 3.63) is 47.3 Å².